The van der Waals surface area contributed by atoms with Gasteiger partial charge in [0.25, 0.3) is 0 Å². The van der Waals surface area contributed by atoms with E-state index in [2.05, 4.69) is 4.90 Å². The van der Waals surface area contributed by atoms with E-state index >= 15 is 0 Å². The summed E-state index contributed by atoms with van der Waals surface area (Å²) < 4.78 is 5.66. The molecule has 23 heavy (non-hydrogen) atoms. The molecule has 2 N–H and O–H groups in total. The van der Waals surface area contributed by atoms with Crippen molar-refractivity contribution in [3.8, 4) is 5.75 Å². The molecular formula is C17H25N3O3. The molecule has 0 radical (unpaired) electrons. The molecule has 1 saturated heterocycles. The van der Waals surface area contributed by atoms with Gasteiger partial charge in [0.2, 0.25) is 11.8 Å². The summed E-state index contributed by atoms with van der Waals surface area (Å²) in [6.07, 6.45) is 0. The number of carbonyl (C=O) groups is 2. The maximum absolute atomic E-state index is 11.7. The van der Waals surface area contributed by atoms with Gasteiger partial charge in [-0.1, -0.05) is 18.2 Å². The van der Waals surface area contributed by atoms with Crippen LogP contribution in [-0.2, 0) is 16.1 Å². The number of nitrogens with two attached hydrogens (primary N) is 1. The summed E-state index contributed by atoms with van der Waals surface area (Å²) in [6, 6.07) is 7.89. The van der Waals surface area contributed by atoms with Crippen LogP contribution in [0.15, 0.2) is 24.3 Å². The van der Waals surface area contributed by atoms with Gasteiger partial charge in [0.05, 0.1) is 12.5 Å². The standard InChI is InChI=1S/C17H25N3O3/c1-3-23-16-7-5-4-6-14(16)10-19-8-9-20(13(2)21)12-15(11-19)17(18)22/h4-7,15H,3,8-12H2,1-2H3,(H2,18,22). The molecule has 1 heterocycles. The topological polar surface area (TPSA) is 75.9 Å². The lowest BCUT2D eigenvalue weighted by Gasteiger charge is -2.23. The second-order valence-corrected chi connectivity index (χ2v) is 5.84. The fraction of sp³-hybridized carbons (Fsp3) is 0.529. The van der Waals surface area contributed by atoms with Crippen molar-refractivity contribution in [2.24, 2.45) is 11.7 Å². The summed E-state index contributed by atoms with van der Waals surface area (Å²) in [5.74, 6) is 0.132. The fourth-order valence-electron chi connectivity index (χ4n) is 2.86. The summed E-state index contributed by atoms with van der Waals surface area (Å²) in [7, 11) is 0. The van der Waals surface area contributed by atoms with E-state index in [9.17, 15) is 9.59 Å². The number of carbonyl (C=O) groups excluding carboxylic acids is 2. The van der Waals surface area contributed by atoms with E-state index in [4.69, 9.17) is 10.5 Å². The SMILES string of the molecule is CCOc1ccccc1CN1CCN(C(C)=O)CC(C(N)=O)C1. The highest BCUT2D eigenvalue weighted by atomic mass is 16.5. The van der Waals surface area contributed by atoms with Gasteiger partial charge < -0.3 is 15.4 Å². The predicted molar refractivity (Wildman–Crippen MR) is 87.8 cm³/mol. The van der Waals surface area contributed by atoms with E-state index in [0.717, 1.165) is 11.3 Å². The number of hydrogen-bond acceptors (Lipinski definition) is 4. The van der Waals surface area contributed by atoms with Crippen LogP contribution >= 0.6 is 0 Å². The average molecular weight is 319 g/mol. The quantitative estimate of drug-likeness (QED) is 0.873. The summed E-state index contributed by atoms with van der Waals surface area (Å²) >= 11 is 0. The third-order valence-corrected chi connectivity index (χ3v) is 4.12. The molecule has 0 aliphatic carbocycles. The van der Waals surface area contributed by atoms with Crippen molar-refractivity contribution in [2.75, 3.05) is 32.8 Å². The largest absolute Gasteiger partial charge is 0.494 e. The third-order valence-electron chi connectivity index (χ3n) is 4.12. The summed E-state index contributed by atoms with van der Waals surface area (Å²) in [5.41, 5.74) is 6.58. The van der Waals surface area contributed by atoms with E-state index < -0.39 is 0 Å². The number of para-hydroxylation sites is 1. The van der Waals surface area contributed by atoms with Gasteiger partial charge in [-0.3, -0.25) is 14.5 Å². The lowest BCUT2D eigenvalue weighted by Crippen LogP contribution is -2.39. The Morgan fingerprint density at radius 2 is 2.00 bits per heavy atom. The van der Waals surface area contributed by atoms with E-state index in [1.54, 1.807) is 4.90 Å². The lowest BCUT2D eigenvalue weighted by molar-refractivity contribution is -0.130. The van der Waals surface area contributed by atoms with Crippen molar-refractivity contribution in [3.05, 3.63) is 29.8 Å². The van der Waals surface area contributed by atoms with E-state index in [1.165, 1.54) is 6.92 Å². The molecule has 6 heteroatoms. The molecule has 2 amide bonds. The summed E-state index contributed by atoms with van der Waals surface area (Å²) in [4.78, 5) is 27.2. The van der Waals surface area contributed by atoms with Crippen LogP contribution in [-0.4, -0.2) is 54.4 Å². The molecule has 126 valence electrons. The third kappa shape index (κ3) is 4.69. The Hall–Kier alpha value is -2.08. The molecular weight excluding hydrogens is 294 g/mol. The van der Waals surface area contributed by atoms with Gasteiger partial charge in [0.15, 0.2) is 0 Å². The molecule has 1 fully saturated rings. The normalized spacial score (nSPS) is 19.2. The molecule has 1 aliphatic heterocycles. The van der Waals surface area contributed by atoms with Gasteiger partial charge in [-0.2, -0.15) is 0 Å². The molecule has 1 aliphatic rings. The zero-order valence-electron chi connectivity index (χ0n) is 13.8. The van der Waals surface area contributed by atoms with Crippen molar-refractivity contribution in [1.29, 1.82) is 0 Å². The number of primary amides is 1. The molecule has 0 aromatic heterocycles. The minimum Gasteiger partial charge on any atom is -0.494 e. The van der Waals surface area contributed by atoms with Crippen molar-refractivity contribution < 1.29 is 14.3 Å². The van der Waals surface area contributed by atoms with Gasteiger partial charge in [-0.05, 0) is 13.0 Å². The number of nitrogens with zero attached hydrogens (tertiary/aromatic N) is 2. The van der Waals surface area contributed by atoms with Gasteiger partial charge in [0.1, 0.15) is 5.75 Å². The van der Waals surface area contributed by atoms with Crippen LogP contribution in [0, 0.1) is 5.92 Å². The first-order valence-corrected chi connectivity index (χ1v) is 7.99. The van der Waals surface area contributed by atoms with Crippen molar-refractivity contribution in [1.82, 2.24) is 9.80 Å². The second kappa shape index (κ2) is 7.97. The Morgan fingerprint density at radius 1 is 1.26 bits per heavy atom. The zero-order valence-corrected chi connectivity index (χ0v) is 13.8. The molecule has 6 nitrogen and oxygen atoms in total. The van der Waals surface area contributed by atoms with Crippen LogP contribution in [0.1, 0.15) is 19.4 Å². The average Bonchev–Trinajstić information content (AvgIpc) is 2.72. The fourth-order valence-corrected chi connectivity index (χ4v) is 2.86. The highest BCUT2D eigenvalue weighted by Crippen LogP contribution is 2.21. The maximum Gasteiger partial charge on any atom is 0.223 e. The van der Waals surface area contributed by atoms with Crippen LogP contribution in [0.25, 0.3) is 0 Å². The Bertz CT molecular complexity index is 562. The van der Waals surface area contributed by atoms with Crippen LogP contribution < -0.4 is 10.5 Å². The van der Waals surface area contributed by atoms with Crippen LogP contribution in [0.4, 0.5) is 0 Å². The van der Waals surface area contributed by atoms with Crippen molar-refractivity contribution >= 4 is 11.8 Å². The van der Waals surface area contributed by atoms with Crippen molar-refractivity contribution in [2.45, 2.75) is 20.4 Å². The van der Waals surface area contributed by atoms with E-state index in [0.29, 0.717) is 39.3 Å². The Kier molecular flexibility index (Phi) is 5.98. The van der Waals surface area contributed by atoms with Gasteiger partial charge in [-0.25, -0.2) is 0 Å². The number of benzene rings is 1. The first-order chi connectivity index (χ1) is 11.0. The minimum atomic E-state index is -0.360. The zero-order chi connectivity index (χ0) is 16.8. The summed E-state index contributed by atoms with van der Waals surface area (Å²) in [5, 5.41) is 0. The van der Waals surface area contributed by atoms with Crippen molar-refractivity contribution in [3.63, 3.8) is 0 Å². The van der Waals surface area contributed by atoms with E-state index in [-0.39, 0.29) is 17.7 Å². The summed E-state index contributed by atoms with van der Waals surface area (Å²) in [6.45, 7) is 7.03. The highest BCUT2D eigenvalue weighted by molar-refractivity contribution is 5.79. The first kappa shape index (κ1) is 17.3. The van der Waals surface area contributed by atoms with Crippen LogP contribution in [0.3, 0.4) is 0 Å². The Balaban J connectivity index is 2.13. The van der Waals surface area contributed by atoms with Crippen LogP contribution in [0.5, 0.6) is 5.75 Å². The highest BCUT2D eigenvalue weighted by Gasteiger charge is 2.27. The lowest BCUT2D eigenvalue weighted by atomic mass is 10.1. The number of amides is 2. The van der Waals surface area contributed by atoms with Crippen LogP contribution in [0.2, 0.25) is 0 Å². The second-order valence-electron chi connectivity index (χ2n) is 5.84. The number of rotatable bonds is 5. The molecule has 1 aromatic carbocycles. The number of ether oxygens (including phenoxy) is 1. The monoisotopic (exact) mass is 319 g/mol. The van der Waals surface area contributed by atoms with E-state index in [1.807, 2.05) is 31.2 Å². The molecule has 1 atom stereocenters. The molecule has 1 aromatic rings. The molecule has 0 bridgehead atoms. The first-order valence-electron chi connectivity index (χ1n) is 7.99. The smallest absolute Gasteiger partial charge is 0.223 e. The predicted octanol–water partition coefficient (Wildman–Crippen LogP) is 0.851. The Morgan fingerprint density at radius 3 is 2.65 bits per heavy atom. The van der Waals surface area contributed by atoms with Gasteiger partial charge >= 0.3 is 0 Å². The Labute approximate surface area is 137 Å². The minimum absolute atomic E-state index is 0.0205. The molecule has 0 spiro atoms. The molecule has 0 saturated carbocycles. The maximum atomic E-state index is 11.7. The molecule has 1 unspecified atom stereocenters. The van der Waals surface area contributed by atoms with Gasteiger partial charge in [-0.15, -0.1) is 0 Å². The molecule has 2 rings (SSSR count). The number of hydrogen-bond donors (Lipinski definition) is 1. The van der Waals surface area contributed by atoms with Gasteiger partial charge in [0, 0.05) is 45.2 Å².